The molecule has 1 heterocycles. The second-order valence-corrected chi connectivity index (χ2v) is 4.20. The van der Waals surface area contributed by atoms with E-state index in [-0.39, 0.29) is 16.9 Å². The summed E-state index contributed by atoms with van der Waals surface area (Å²) in [6.45, 7) is -0.630. The first kappa shape index (κ1) is 14.4. The third-order valence-electron chi connectivity index (χ3n) is 2.77. The van der Waals surface area contributed by atoms with Gasteiger partial charge >= 0.3 is 5.97 Å². The van der Waals surface area contributed by atoms with E-state index in [4.69, 9.17) is 10.8 Å². The number of pyridine rings is 1. The fourth-order valence-electron chi connectivity index (χ4n) is 1.83. The number of carboxylic acids is 1. The molecule has 0 bridgehead atoms. The van der Waals surface area contributed by atoms with E-state index in [1.165, 1.54) is 24.4 Å². The summed E-state index contributed by atoms with van der Waals surface area (Å²) in [5.74, 6) is -2.86. The molecular formula is C14H12FN3O3. The molecule has 1 amide bonds. The van der Waals surface area contributed by atoms with E-state index in [1.807, 2.05) is 0 Å². The van der Waals surface area contributed by atoms with Crippen LogP contribution in [0.15, 0.2) is 42.7 Å². The Morgan fingerprint density at radius 2 is 2.00 bits per heavy atom. The molecule has 0 saturated carbocycles. The number of halogens is 1. The van der Waals surface area contributed by atoms with Crippen molar-refractivity contribution in [1.29, 1.82) is 0 Å². The number of rotatable bonds is 4. The van der Waals surface area contributed by atoms with Gasteiger partial charge < -0.3 is 10.8 Å². The molecule has 0 aliphatic heterocycles. The van der Waals surface area contributed by atoms with Crippen molar-refractivity contribution in [2.75, 3.05) is 17.2 Å². The average Bonchev–Trinajstić information content (AvgIpc) is 2.45. The van der Waals surface area contributed by atoms with Gasteiger partial charge in [-0.25, -0.2) is 4.39 Å². The van der Waals surface area contributed by atoms with Crippen molar-refractivity contribution in [1.82, 2.24) is 4.98 Å². The number of aromatic nitrogens is 1. The van der Waals surface area contributed by atoms with Crippen LogP contribution < -0.4 is 10.6 Å². The molecule has 0 atom stereocenters. The van der Waals surface area contributed by atoms with E-state index in [0.29, 0.717) is 0 Å². The van der Waals surface area contributed by atoms with Crippen LogP contribution in [0.25, 0.3) is 0 Å². The lowest BCUT2D eigenvalue weighted by Gasteiger charge is -2.22. The standard InChI is InChI=1S/C14H12FN3O3/c15-10-7-17-6-5-9(10)14(21)18(8-13(19)20)12-4-2-1-3-11(12)16/h1-7H,8,16H2,(H,19,20). The molecule has 0 radical (unpaired) electrons. The van der Waals surface area contributed by atoms with Crippen molar-refractivity contribution in [3.8, 4) is 0 Å². The summed E-state index contributed by atoms with van der Waals surface area (Å²) < 4.78 is 13.7. The molecule has 2 rings (SSSR count). The van der Waals surface area contributed by atoms with Crippen LogP contribution in [0, 0.1) is 5.82 Å². The number of benzene rings is 1. The molecule has 0 aliphatic carbocycles. The second kappa shape index (κ2) is 6.00. The molecule has 7 heteroatoms. The van der Waals surface area contributed by atoms with Crippen molar-refractivity contribution in [3.63, 3.8) is 0 Å². The van der Waals surface area contributed by atoms with Gasteiger partial charge in [0.05, 0.1) is 23.1 Å². The summed E-state index contributed by atoms with van der Waals surface area (Å²) >= 11 is 0. The van der Waals surface area contributed by atoms with Crippen molar-refractivity contribution in [2.24, 2.45) is 0 Å². The molecule has 1 aromatic carbocycles. The highest BCUT2D eigenvalue weighted by molar-refractivity contribution is 6.09. The quantitative estimate of drug-likeness (QED) is 0.832. The minimum Gasteiger partial charge on any atom is -0.480 e. The van der Waals surface area contributed by atoms with Gasteiger partial charge in [0.2, 0.25) is 0 Å². The summed E-state index contributed by atoms with van der Waals surface area (Å²) in [6.07, 6.45) is 2.14. The zero-order chi connectivity index (χ0) is 15.4. The van der Waals surface area contributed by atoms with E-state index < -0.39 is 24.2 Å². The first-order valence-corrected chi connectivity index (χ1v) is 5.98. The minimum atomic E-state index is -1.24. The molecule has 21 heavy (non-hydrogen) atoms. The zero-order valence-corrected chi connectivity index (χ0v) is 10.9. The third-order valence-corrected chi connectivity index (χ3v) is 2.77. The van der Waals surface area contributed by atoms with Crippen molar-refractivity contribution < 1.29 is 19.1 Å². The molecule has 0 aliphatic rings. The number of nitrogen functional groups attached to an aromatic ring is 1. The number of hydrogen-bond acceptors (Lipinski definition) is 4. The van der Waals surface area contributed by atoms with Gasteiger partial charge in [-0.1, -0.05) is 12.1 Å². The maximum Gasteiger partial charge on any atom is 0.323 e. The van der Waals surface area contributed by atoms with E-state index in [9.17, 15) is 14.0 Å². The van der Waals surface area contributed by atoms with E-state index >= 15 is 0 Å². The molecule has 2 aromatic rings. The van der Waals surface area contributed by atoms with Gasteiger partial charge in [0.15, 0.2) is 5.82 Å². The summed E-state index contributed by atoms with van der Waals surface area (Å²) in [5.41, 5.74) is 5.92. The molecule has 1 aromatic heterocycles. The van der Waals surface area contributed by atoms with Crippen LogP contribution in [0.5, 0.6) is 0 Å². The number of hydrogen-bond donors (Lipinski definition) is 2. The molecular weight excluding hydrogens is 277 g/mol. The Bertz CT molecular complexity index is 691. The van der Waals surface area contributed by atoms with E-state index in [0.717, 1.165) is 11.1 Å². The Morgan fingerprint density at radius 3 is 2.62 bits per heavy atom. The molecule has 0 unspecified atom stereocenters. The smallest absolute Gasteiger partial charge is 0.323 e. The maximum atomic E-state index is 13.7. The Labute approximate surface area is 119 Å². The summed E-state index contributed by atoms with van der Waals surface area (Å²) in [4.78, 5) is 27.8. The van der Waals surface area contributed by atoms with Crippen molar-refractivity contribution in [2.45, 2.75) is 0 Å². The predicted octanol–water partition coefficient (Wildman–Crippen LogP) is 1.53. The highest BCUT2D eigenvalue weighted by Crippen LogP contribution is 2.24. The molecule has 6 nitrogen and oxygen atoms in total. The Morgan fingerprint density at radius 1 is 1.29 bits per heavy atom. The van der Waals surface area contributed by atoms with Gasteiger partial charge in [-0.3, -0.25) is 19.5 Å². The predicted molar refractivity (Wildman–Crippen MR) is 74.4 cm³/mol. The van der Waals surface area contributed by atoms with Crippen molar-refractivity contribution >= 4 is 23.3 Å². The Hall–Kier alpha value is -2.96. The molecule has 0 fully saturated rings. The van der Waals surface area contributed by atoms with Crippen LogP contribution in [0.2, 0.25) is 0 Å². The minimum absolute atomic E-state index is 0.209. The monoisotopic (exact) mass is 289 g/mol. The fraction of sp³-hybridized carbons (Fsp3) is 0.0714. The average molecular weight is 289 g/mol. The van der Waals surface area contributed by atoms with E-state index in [2.05, 4.69) is 4.98 Å². The van der Waals surface area contributed by atoms with Gasteiger partial charge in [-0.05, 0) is 18.2 Å². The van der Waals surface area contributed by atoms with Gasteiger partial charge in [0.1, 0.15) is 6.54 Å². The third kappa shape index (κ3) is 3.14. The van der Waals surface area contributed by atoms with Gasteiger partial charge in [0.25, 0.3) is 5.91 Å². The van der Waals surface area contributed by atoms with E-state index in [1.54, 1.807) is 12.1 Å². The SMILES string of the molecule is Nc1ccccc1N(CC(=O)O)C(=O)c1ccncc1F. The Kier molecular flexibility index (Phi) is 4.13. The lowest BCUT2D eigenvalue weighted by molar-refractivity contribution is -0.135. The number of anilines is 2. The Balaban J connectivity index is 2.46. The molecule has 3 N–H and O–H groups in total. The number of amides is 1. The van der Waals surface area contributed by atoms with Gasteiger partial charge in [0, 0.05) is 6.20 Å². The number of carbonyl (C=O) groups excluding carboxylic acids is 1. The van der Waals surface area contributed by atoms with Crippen molar-refractivity contribution in [3.05, 3.63) is 54.1 Å². The maximum absolute atomic E-state index is 13.7. The normalized spacial score (nSPS) is 10.1. The number of para-hydroxylation sites is 2. The van der Waals surface area contributed by atoms with Crippen LogP contribution in [0.4, 0.5) is 15.8 Å². The first-order chi connectivity index (χ1) is 10.0. The lowest BCUT2D eigenvalue weighted by Crippen LogP contribution is -2.36. The van der Waals surface area contributed by atoms with Crippen LogP contribution in [0.1, 0.15) is 10.4 Å². The number of carboxylic acid groups (broad SMARTS) is 1. The van der Waals surface area contributed by atoms with Crippen LogP contribution in [0.3, 0.4) is 0 Å². The number of nitrogens with zero attached hydrogens (tertiary/aromatic N) is 2. The number of aliphatic carboxylic acids is 1. The van der Waals surface area contributed by atoms with Gasteiger partial charge in [-0.15, -0.1) is 0 Å². The van der Waals surface area contributed by atoms with Crippen LogP contribution in [-0.4, -0.2) is 28.5 Å². The fourth-order valence-corrected chi connectivity index (χ4v) is 1.83. The first-order valence-electron chi connectivity index (χ1n) is 5.98. The topological polar surface area (TPSA) is 96.5 Å². The highest BCUT2D eigenvalue weighted by Gasteiger charge is 2.24. The summed E-state index contributed by atoms with van der Waals surface area (Å²) in [5, 5.41) is 8.96. The summed E-state index contributed by atoms with van der Waals surface area (Å²) in [7, 11) is 0. The second-order valence-electron chi connectivity index (χ2n) is 4.20. The number of carbonyl (C=O) groups is 2. The van der Waals surface area contributed by atoms with Gasteiger partial charge in [-0.2, -0.15) is 0 Å². The van der Waals surface area contributed by atoms with Crippen LogP contribution >= 0.6 is 0 Å². The lowest BCUT2D eigenvalue weighted by atomic mass is 10.2. The zero-order valence-electron chi connectivity index (χ0n) is 10.9. The molecule has 108 valence electrons. The molecule has 0 spiro atoms. The van der Waals surface area contributed by atoms with Crippen LogP contribution in [-0.2, 0) is 4.79 Å². The summed E-state index contributed by atoms with van der Waals surface area (Å²) in [6, 6.07) is 7.47. The highest BCUT2D eigenvalue weighted by atomic mass is 19.1. The number of nitrogens with two attached hydrogens (primary N) is 1. The largest absolute Gasteiger partial charge is 0.480 e. The molecule has 0 saturated heterocycles.